The zero-order chi connectivity index (χ0) is 14.4. The Morgan fingerprint density at radius 1 is 1.35 bits per heavy atom. The van der Waals surface area contributed by atoms with Gasteiger partial charge in [-0.3, -0.25) is 4.79 Å². The van der Waals surface area contributed by atoms with E-state index in [2.05, 4.69) is 11.4 Å². The first-order valence-corrected chi connectivity index (χ1v) is 7.22. The molecule has 1 aliphatic carbocycles. The Labute approximate surface area is 120 Å². The van der Waals surface area contributed by atoms with Gasteiger partial charge in [-0.05, 0) is 30.5 Å². The van der Waals surface area contributed by atoms with Gasteiger partial charge in [0.1, 0.15) is 0 Å². The van der Waals surface area contributed by atoms with E-state index in [-0.39, 0.29) is 17.9 Å². The Morgan fingerprint density at radius 2 is 2.15 bits per heavy atom. The molecular weight excluding hydrogens is 250 g/mol. The lowest BCUT2D eigenvalue weighted by Crippen LogP contribution is -2.41. The summed E-state index contributed by atoms with van der Waals surface area (Å²) in [6, 6.07) is 9.84. The molecule has 1 aromatic carbocycles. The number of primary amides is 1. The number of rotatable bonds is 4. The van der Waals surface area contributed by atoms with Crippen molar-refractivity contribution in [3.05, 3.63) is 35.4 Å². The highest BCUT2D eigenvalue weighted by atomic mass is 16.1. The van der Waals surface area contributed by atoms with Gasteiger partial charge >= 0.3 is 0 Å². The van der Waals surface area contributed by atoms with Crippen LogP contribution in [0, 0.1) is 17.2 Å². The Hall–Kier alpha value is -1.86. The van der Waals surface area contributed by atoms with Crippen LogP contribution in [0.4, 0.5) is 0 Å². The normalized spacial score (nSPS) is 22.8. The first-order chi connectivity index (χ1) is 9.70. The Kier molecular flexibility index (Phi) is 5.14. The van der Waals surface area contributed by atoms with Crippen LogP contribution in [0.3, 0.4) is 0 Å². The van der Waals surface area contributed by atoms with E-state index in [1.54, 1.807) is 6.07 Å². The van der Waals surface area contributed by atoms with Gasteiger partial charge in [-0.1, -0.05) is 31.4 Å². The summed E-state index contributed by atoms with van der Waals surface area (Å²) in [4.78, 5) is 11.6. The molecule has 0 heterocycles. The molecule has 3 N–H and O–H groups in total. The minimum Gasteiger partial charge on any atom is -0.369 e. The van der Waals surface area contributed by atoms with Gasteiger partial charge in [0.15, 0.2) is 0 Å². The molecule has 20 heavy (non-hydrogen) atoms. The van der Waals surface area contributed by atoms with Crippen molar-refractivity contribution in [2.45, 2.75) is 44.7 Å². The first-order valence-electron chi connectivity index (χ1n) is 7.22. The summed E-state index contributed by atoms with van der Waals surface area (Å²) in [6.07, 6.45) is 5.26. The highest BCUT2D eigenvalue weighted by Crippen LogP contribution is 2.23. The quantitative estimate of drug-likeness (QED) is 0.823. The second-order valence-corrected chi connectivity index (χ2v) is 5.45. The largest absolute Gasteiger partial charge is 0.369 e. The Morgan fingerprint density at radius 3 is 2.90 bits per heavy atom. The molecule has 1 saturated carbocycles. The van der Waals surface area contributed by atoms with Crippen LogP contribution < -0.4 is 11.1 Å². The number of hydrogen-bond acceptors (Lipinski definition) is 3. The molecule has 2 unspecified atom stereocenters. The molecule has 0 aliphatic heterocycles. The minimum atomic E-state index is -0.199. The van der Waals surface area contributed by atoms with Crippen molar-refractivity contribution in [3.8, 4) is 6.07 Å². The van der Waals surface area contributed by atoms with E-state index in [4.69, 9.17) is 11.0 Å². The lowest BCUT2D eigenvalue weighted by molar-refractivity contribution is -0.122. The molecule has 0 spiro atoms. The summed E-state index contributed by atoms with van der Waals surface area (Å²) in [5, 5.41) is 12.3. The molecule has 0 aromatic heterocycles. The first kappa shape index (κ1) is 14.5. The molecule has 4 heteroatoms. The van der Waals surface area contributed by atoms with Crippen LogP contribution >= 0.6 is 0 Å². The number of nitrogens with zero attached hydrogens (tertiary/aromatic N) is 1. The van der Waals surface area contributed by atoms with E-state index < -0.39 is 0 Å². The molecule has 0 bridgehead atoms. The summed E-state index contributed by atoms with van der Waals surface area (Å²) in [5.41, 5.74) is 7.25. The van der Waals surface area contributed by atoms with Crippen molar-refractivity contribution in [2.75, 3.05) is 0 Å². The minimum absolute atomic E-state index is 0.0725. The average Bonchev–Trinajstić information content (AvgIpc) is 2.70. The van der Waals surface area contributed by atoms with Crippen molar-refractivity contribution in [1.82, 2.24) is 5.32 Å². The zero-order valence-electron chi connectivity index (χ0n) is 11.6. The van der Waals surface area contributed by atoms with E-state index in [1.807, 2.05) is 18.2 Å². The number of nitrogens with two attached hydrogens (primary N) is 1. The number of carbonyl (C=O) groups excluding carboxylic acids is 1. The highest BCUT2D eigenvalue weighted by molar-refractivity contribution is 5.77. The average molecular weight is 271 g/mol. The van der Waals surface area contributed by atoms with Crippen molar-refractivity contribution >= 4 is 5.91 Å². The monoisotopic (exact) mass is 271 g/mol. The van der Waals surface area contributed by atoms with Gasteiger partial charge in [-0.15, -0.1) is 0 Å². The van der Waals surface area contributed by atoms with Crippen molar-refractivity contribution < 1.29 is 4.79 Å². The third-order valence-electron chi connectivity index (χ3n) is 4.01. The fourth-order valence-corrected chi connectivity index (χ4v) is 2.89. The van der Waals surface area contributed by atoms with Gasteiger partial charge in [-0.25, -0.2) is 0 Å². The van der Waals surface area contributed by atoms with Gasteiger partial charge in [0, 0.05) is 12.6 Å². The lowest BCUT2D eigenvalue weighted by Gasteiger charge is -2.23. The number of nitrogens with one attached hydrogen (secondary N) is 1. The van der Waals surface area contributed by atoms with Gasteiger partial charge < -0.3 is 11.1 Å². The van der Waals surface area contributed by atoms with Gasteiger partial charge in [0.05, 0.1) is 17.6 Å². The fourth-order valence-electron chi connectivity index (χ4n) is 2.89. The molecule has 2 atom stereocenters. The molecule has 106 valence electrons. The fraction of sp³-hybridized carbons (Fsp3) is 0.500. The maximum absolute atomic E-state index is 11.6. The third-order valence-corrected chi connectivity index (χ3v) is 4.01. The van der Waals surface area contributed by atoms with E-state index in [1.165, 1.54) is 6.42 Å². The van der Waals surface area contributed by atoms with Crippen molar-refractivity contribution in [2.24, 2.45) is 11.7 Å². The molecule has 1 aliphatic rings. The summed E-state index contributed by atoms with van der Waals surface area (Å²) < 4.78 is 0. The molecule has 1 fully saturated rings. The standard InChI is InChI=1S/C16H21N3O/c17-10-12-5-4-6-13(9-12)11-19-15-8-3-1-2-7-14(15)16(18)20/h4-6,9,14-15,19H,1-3,7-8,11H2,(H2,18,20). The van der Waals surface area contributed by atoms with Crippen molar-refractivity contribution in [3.63, 3.8) is 0 Å². The smallest absolute Gasteiger partial charge is 0.222 e. The SMILES string of the molecule is N#Cc1cccc(CNC2CCCCCC2C(N)=O)c1. The van der Waals surface area contributed by atoms with Gasteiger partial charge in [0.2, 0.25) is 5.91 Å². The van der Waals surface area contributed by atoms with Crippen LogP contribution in [0.25, 0.3) is 0 Å². The van der Waals surface area contributed by atoms with E-state index in [0.717, 1.165) is 31.2 Å². The van der Waals surface area contributed by atoms with Gasteiger partial charge in [-0.2, -0.15) is 5.26 Å². The molecule has 1 amide bonds. The van der Waals surface area contributed by atoms with E-state index >= 15 is 0 Å². The number of benzene rings is 1. The van der Waals surface area contributed by atoms with Crippen LogP contribution in [0.2, 0.25) is 0 Å². The number of carbonyl (C=O) groups is 1. The van der Waals surface area contributed by atoms with Crippen LogP contribution in [-0.2, 0) is 11.3 Å². The molecule has 0 radical (unpaired) electrons. The summed E-state index contributed by atoms with van der Waals surface area (Å²) in [7, 11) is 0. The summed E-state index contributed by atoms with van der Waals surface area (Å²) in [6.45, 7) is 0.671. The van der Waals surface area contributed by atoms with Crippen LogP contribution in [0.1, 0.15) is 43.2 Å². The van der Waals surface area contributed by atoms with Crippen molar-refractivity contribution in [1.29, 1.82) is 5.26 Å². The number of hydrogen-bond donors (Lipinski definition) is 2. The number of nitriles is 1. The molecule has 2 rings (SSSR count). The summed E-state index contributed by atoms with van der Waals surface area (Å²) >= 11 is 0. The third kappa shape index (κ3) is 3.82. The Balaban J connectivity index is 1.99. The molecule has 4 nitrogen and oxygen atoms in total. The topological polar surface area (TPSA) is 78.9 Å². The summed E-state index contributed by atoms with van der Waals surface area (Å²) in [5.74, 6) is -0.271. The maximum Gasteiger partial charge on any atom is 0.222 e. The zero-order valence-corrected chi connectivity index (χ0v) is 11.6. The Bertz CT molecular complexity index is 507. The van der Waals surface area contributed by atoms with Crippen LogP contribution in [0.15, 0.2) is 24.3 Å². The maximum atomic E-state index is 11.6. The predicted molar refractivity (Wildman–Crippen MR) is 77.6 cm³/mol. The van der Waals surface area contributed by atoms with Crippen LogP contribution in [-0.4, -0.2) is 11.9 Å². The lowest BCUT2D eigenvalue weighted by atomic mass is 9.94. The van der Waals surface area contributed by atoms with E-state index in [9.17, 15) is 4.79 Å². The second-order valence-electron chi connectivity index (χ2n) is 5.45. The number of amides is 1. The van der Waals surface area contributed by atoms with E-state index in [0.29, 0.717) is 12.1 Å². The molecular formula is C16H21N3O. The second kappa shape index (κ2) is 7.06. The predicted octanol–water partition coefficient (Wildman–Crippen LogP) is 2.08. The molecule has 0 saturated heterocycles. The van der Waals surface area contributed by atoms with Gasteiger partial charge in [0.25, 0.3) is 0 Å². The molecule has 1 aromatic rings. The van der Waals surface area contributed by atoms with Crippen LogP contribution in [0.5, 0.6) is 0 Å². The highest BCUT2D eigenvalue weighted by Gasteiger charge is 2.27.